The van der Waals surface area contributed by atoms with Crippen LogP contribution in [0.4, 0.5) is 0 Å². The average molecular weight is 347 g/mol. The van der Waals surface area contributed by atoms with Crippen molar-refractivity contribution in [2.45, 2.75) is 19.1 Å². The van der Waals surface area contributed by atoms with Crippen molar-refractivity contribution in [2.24, 2.45) is 0 Å². The molecular formula is C21H17NO4. The Hall–Kier alpha value is -3.34. The standard InChI is InChI=1S/C21H17NO4/c23-20(22-13-17-7-4-10-25-17)15-8-9-18-16(11-15)12-19(26-21(18)24)14-5-2-1-3-6-14/h1-11,19H,12-13H2,(H,22,23)/t19-/m0/s1. The van der Waals surface area contributed by atoms with Gasteiger partial charge in [-0.25, -0.2) is 4.79 Å². The summed E-state index contributed by atoms with van der Waals surface area (Å²) in [5.41, 5.74) is 2.79. The lowest BCUT2D eigenvalue weighted by atomic mass is 9.93. The van der Waals surface area contributed by atoms with Gasteiger partial charge in [0.1, 0.15) is 11.9 Å². The topological polar surface area (TPSA) is 68.5 Å². The van der Waals surface area contributed by atoms with Crippen molar-refractivity contribution in [1.29, 1.82) is 0 Å². The molecule has 4 rings (SSSR count). The first kappa shape index (κ1) is 16.1. The highest BCUT2D eigenvalue weighted by atomic mass is 16.5. The predicted octanol–water partition coefficient (Wildman–Crippen LogP) is 3.66. The summed E-state index contributed by atoms with van der Waals surface area (Å²) in [6.07, 6.45) is 1.78. The van der Waals surface area contributed by atoms with Gasteiger partial charge in [-0.1, -0.05) is 30.3 Å². The Morgan fingerprint density at radius 1 is 1.08 bits per heavy atom. The van der Waals surface area contributed by atoms with E-state index in [0.29, 0.717) is 29.9 Å². The molecular weight excluding hydrogens is 330 g/mol. The summed E-state index contributed by atoms with van der Waals surface area (Å²) < 4.78 is 10.8. The molecule has 1 aliphatic heterocycles. The van der Waals surface area contributed by atoms with Gasteiger partial charge in [0.25, 0.3) is 5.91 Å². The van der Waals surface area contributed by atoms with E-state index in [0.717, 1.165) is 11.1 Å². The van der Waals surface area contributed by atoms with Gasteiger partial charge in [-0.3, -0.25) is 4.79 Å². The molecule has 2 heterocycles. The molecule has 1 aromatic heterocycles. The van der Waals surface area contributed by atoms with E-state index in [4.69, 9.17) is 9.15 Å². The molecule has 0 spiro atoms. The molecule has 1 N–H and O–H groups in total. The second kappa shape index (κ2) is 6.88. The van der Waals surface area contributed by atoms with E-state index >= 15 is 0 Å². The maximum Gasteiger partial charge on any atom is 0.339 e. The van der Waals surface area contributed by atoms with Crippen LogP contribution in [0, 0.1) is 0 Å². The van der Waals surface area contributed by atoms with Crippen LogP contribution in [-0.2, 0) is 17.7 Å². The Morgan fingerprint density at radius 2 is 1.92 bits per heavy atom. The van der Waals surface area contributed by atoms with Gasteiger partial charge in [0.2, 0.25) is 0 Å². The molecule has 130 valence electrons. The highest BCUT2D eigenvalue weighted by molar-refractivity contribution is 5.97. The smallest absolute Gasteiger partial charge is 0.339 e. The van der Waals surface area contributed by atoms with Gasteiger partial charge in [0.05, 0.1) is 18.4 Å². The molecule has 0 fully saturated rings. The molecule has 5 heteroatoms. The van der Waals surface area contributed by atoms with Gasteiger partial charge in [0, 0.05) is 12.0 Å². The number of furan rings is 1. The Morgan fingerprint density at radius 3 is 2.69 bits per heavy atom. The van der Waals surface area contributed by atoms with E-state index in [1.54, 1.807) is 36.6 Å². The van der Waals surface area contributed by atoms with Crippen molar-refractivity contribution in [3.8, 4) is 0 Å². The molecule has 2 aromatic carbocycles. The van der Waals surface area contributed by atoms with Gasteiger partial charge in [-0.15, -0.1) is 0 Å². The average Bonchev–Trinajstić information content (AvgIpc) is 3.20. The molecule has 1 atom stereocenters. The third-order valence-electron chi connectivity index (χ3n) is 4.42. The summed E-state index contributed by atoms with van der Waals surface area (Å²) >= 11 is 0. The minimum absolute atomic E-state index is 0.209. The zero-order valence-electron chi connectivity index (χ0n) is 14.0. The van der Waals surface area contributed by atoms with Crippen molar-refractivity contribution in [3.63, 3.8) is 0 Å². The number of hydrogen-bond donors (Lipinski definition) is 1. The largest absolute Gasteiger partial charge is 0.467 e. The minimum Gasteiger partial charge on any atom is -0.467 e. The molecule has 0 aliphatic carbocycles. The van der Waals surface area contributed by atoms with Gasteiger partial charge < -0.3 is 14.5 Å². The second-order valence-electron chi connectivity index (χ2n) is 6.14. The van der Waals surface area contributed by atoms with Gasteiger partial charge >= 0.3 is 5.97 Å². The fourth-order valence-electron chi connectivity index (χ4n) is 3.07. The van der Waals surface area contributed by atoms with Crippen molar-refractivity contribution in [3.05, 3.63) is 94.9 Å². The molecule has 0 radical (unpaired) electrons. The molecule has 0 saturated heterocycles. The summed E-state index contributed by atoms with van der Waals surface area (Å²) in [6.45, 7) is 0.317. The number of nitrogens with one attached hydrogen (secondary N) is 1. The zero-order valence-corrected chi connectivity index (χ0v) is 14.0. The molecule has 0 unspecified atom stereocenters. The van der Waals surface area contributed by atoms with E-state index in [1.807, 2.05) is 30.3 Å². The van der Waals surface area contributed by atoms with Crippen LogP contribution in [0.15, 0.2) is 71.3 Å². The highest BCUT2D eigenvalue weighted by Crippen LogP contribution is 2.31. The van der Waals surface area contributed by atoms with E-state index in [9.17, 15) is 9.59 Å². The Kier molecular flexibility index (Phi) is 4.27. The number of fused-ring (bicyclic) bond motifs is 1. The first-order chi connectivity index (χ1) is 12.7. The van der Waals surface area contributed by atoms with Crippen molar-refractivity contribution < 1.29 is 18.7 Å². The molecule has 5 nitrogen and oxygen atoms in total. The first-order valence-electron chi connectivity index (χ1n) is 8.40. The fraction of sp³-hybridized carbons (Fsp3) is 0.143. The van der Waals surface area contributed by atoms with E-state index in [-0.39, 0.29) is 18.0 Å². The highest BCUT2D eigenvalue weighted by Gasteiger charge is 2.28. The number of cyclic esters (lactones) is 1. The van der Waals surface area contributed by atoms with E-state index < -0.39 is 0 Å². The van der Waals surface area contributed by atoms with Crippen LogP contribution in [-0.4, -0.2) is 11.9 Å². The second-order valence-corrected chi connectivity index (χ2v) is 6.14. The normalized spacial score (nSPS) is 15.8. The van der Waals surface area contributed by atoms with Crippen LogP contribution in [0.25, 0.3) is 0 Å². The predicted molar refractivity (Wildman–Crippen MR) is 94.6 cm³/mol. The summed E-state index contributed by atoms with van der Waals surface area (Å²) in [7, 11) is 0. The summed E-state index contributed by atoms with van der Waals surface area (Å²) in [4.78, 5) is 24.7. The third-order valence-corrected chi connectivity index (χ3v) is 4.42. The molecule has 0 bridgehead atoms. The molecule has 1 aliphatic rings. The molecule has 1 amide bonds. The number of carbonyl (C=O) groups is 2. The van der Waals surface area contributed by atoms with Gasteiger partial charge in [0.15, 0.2) is 0 Å². The molecule has 0 saturated carbocycles. The van der Waals surface area contributed by atoms with Crippen molar-refractivity contribution in [2.75, 3.05) is 0 Å². The number of amides is 1. The van der Waals surface area contributed by atoms with Gasteiger partial charge in [-0.2, -0.15) is 0 Å². The Balaban J connectivity index is 1.54. The fourth-order valence-corrected chi connectivity index (χ4v) is 3.07. The summed E-state index contributed by atoms with van der Waals surface area (Å²) in [6, 6.07) is 18.2. The lowest BCUT2D eigenvalue weighted by molar-refractivity contribution is 0.0252. The summed E-state index contributed by atoms with van der Waals surface area (Å²) in [5, 5.41) is 2.81. The minimum atomic E-state index is -0.359. The van der Waals surface area contributed by atoms with Crippen LogP contribution < -0.4 is 5.32 Å². The van der Waals surface area contributed by atoms with Gasteiger partial charge in [-0.05, 0) is 41.5 Å². The number of hydrogen-bond acceptors (Lipinski definition) is 4. The number of benzene rings is 2. The quantitative estimate of drug-likeness (QED) is 0.731. The first-order valence-corrected chi connectivity index (χ1v) is 8.40. The molecule has 26 heavy (non-hydrogen) atoms. The van der Waals surface area contributed by atoms with Crippen LogP contribution in [0.2, 0.25) is 0 Å². The zero-order chi connectivity index (χ0) is 17.9. The number of carbonyl (C=O) groups excluding carboxylic acids is 2. The van der Waals surface area contributed by atoms with Crippen LogP contribution in [0.1, 0.15) is 43.7 Å². The number of rotatable bonds is 4. The van der Waals surface area contributed by atoms with Crippen molar-refractivity contribution >= 4 is 11.9 Å². The number of esters is 1. The Bertz CT molecular complexity index is 932. The monoisotopic (exact) mass is 347 g/mol. The lowest BCUT2D eigenvalue weighted by Crippen LogP contribution is -2.25. The van der Waals surface area contributed by atoms with Crippen LogP contribution in [0.5, 0.6) is 0 Å². The molecule has 3 aromatic rings. The van der Waals surface area contributed by atoms with Crippen molar-refractivity contribution in [1.82, 2.24) is 5.32 Å². The Labute approximate surface area is 150 Å². The van der Waals surface area contributed by atoms with E-state index in [1.165, 1.54) is 0 Å². The maximum atomic E-state index is 12.4. The van der Waals surface area contributed by atoms with E-state index in [2.05, 4.69) is 5.32 Å². The number of ether oxygens (including phenoxy) is 1. The summed E-state index contributed by atoms with van der Waals surface area (Å²) in [5.74, 6) is 0.117. The van der Waals surface area contributed by atoms with Crippen LogP contribution in [0.3, 0.4) is 0 Å². The SMILES string of the molecule is O=C(NCc1ccco1)c1ccc2c(c1)C[C@@H](c1ccccc1)OC2=O. The van der Waals surface area contributed by atoms with Crippen LogP contribution >= 0.6 is 0 Å². The third kappa shape index (κ3) is 3.24. The maximum absolute atomic E-state index is 12.4. The lowest BCUT2D eigenvalue weighted by Gasteiger charge is -2.25.